The Bertz CT molecular complexity index is 689. The van der Waals surface area contributed by atoms with Crippen LogP contribution in [0.2, 0.25) is 0 Å². The normalized spacial score (nSPS) is 22.0. The molecule has 2 saturated heterocycles. The van der Waals surface area contributed by atoms with Gasteiger partial charge in [-0.2, -0.15) is 0 Å². The first kappa shape index (κ1) is 22.2. The molecule has 2 amide bonds. The van der Waals surface area contributed by atoms with Gasteiger partial charge in [-0.05, 0) is 43.9 Å². The molecule has 1 atom stereocenters. The molecule has 3 aliphatic rings. The Kier molecular flexibility index (Phi) is 8.19. The lowest BCUT2D eigenvalue weighted by Crippen LogP contribution is -2.59. The third-order valence-electron chi connectivity index (χ3n) is 6.20. The first-order valence-electron chi connectivity index (χ1n) is 10.8. The molecular formula is C22H33N3O5. The number of nitrogens with one attached hydrogen (secondary N) is 1. The maximum Gasteiger partial charge on any atom is 0.317 e. The lowest BCUT2D eigenvalue weighted by atomic mass is 10.1. The van der Waals surface area contributed by atoms with Crippen LogP contribution in [0, 0.1) is 5.92 Å². The summed E-state index contributed by atoms with van der Waals surface area (Å²) in [7, 11) is 1.64. The van der Waals surface area contributed by atoms with Crippen molar-refractivity contribution in [3.63, 3.8) is 0 Å². The van der Waals surface area contributed by atoms with Crippen LogP contribution in [-0.2, 0) is 4.79 Å². The molecule has 2 N–H and O–H groups in total. The Morgan fingerprint density at radius 3 is 2.50 bits per heavy atom. The van der Waals surface area contributed by atoms with Crippen molar-refractivity contribution in [3.8, 4) is 11.5 Å². The Morgan fingerprint density at radius 2 is 1.83 bits per heavy atom. The van der Waals surface area contributed by atoms with E-state index in [0.29, 0.717) is 19.0 Å². The number of nitrogens with zero attached hydrogens (tertiary/aromatic N) is 2. The molecule has 0 spiro atoms. The van der Waals surface area contributed by atoms with Crippen molar-refractivity contribution in [2.24, 2.45) is 5.92 Å². The third kappa shape index (κ3) is 5.78. The van der Waals surface area contributed by atoms with Crippen LogP contribution in [0.4, 0.5) is 4.79 Å². The highest BCUT2D eigenvalue weighted by Gasteiger charge is 2.34. The number of ether oxygens (including phenoxy) is 2. The molecule has 8 heteroatoms. The van der Waals surface area contributed by atoms with Crippen LogP contribution < -0.4 is 14.8 Å². The molecule has 0 bridgehead atoms. The summed E-state index contributed by atoms with van der Waals surface area (Å²) in [5.41, 5.74) is 0. The summed E-state index contributed by atoms with van der Waals surface area (Å²) >= 11 is 0. The van der Waals surface area contributed by atoms with Crippen LogP contribution >= 0.6 is 0 Å². The van der Waals surface area contributed by atoms with Crippen molar-refractivity contribution < 1.29 is 24.2 Å². The van der Waals surface area contributed by atoms with Gasteiger partial charge in [0.2, 0.25) is 0 Å². The number of likely N-dealkylation sites (tertiary alicyclic amines) is 2. The van der Waals surface area contributed by atoms with Crippen LogP contribution in [0.25, 0.3) is 0 Å². The van der Waals surface area contributed by atoms with Gasteiger partial charge in [-0.3, -0.25) is 4.79 Å². The quantitative estimate of drug-likeness (QED) is 0.688. The van der Waals surface area contributed by atoms with Gasteiger partial charge in [-0.15, -0.1) is 0 Å². The lowest BCUT2D eigenvalue weighted by Gasteiger charge is -2.39. The van der Waals surface area contributed by atoms with Crippen LogP contribution in [0.1, 0.15) is 32.1 Å². The molecule has 3 fully saturated rings. The van der Waals surface area contributed by atoms with E-state index in [2.05, 4.69) is 10.2 Å². The number of amides is 2. The summed E-state index contributed by atoms with van der Waals surface area (Å²) in [5.74, 6) is 2.06. The standard InChI is InChI=1S/C21H31N3O3.CH2O2/c1-26-19-8-4-5-9-20(19)27-18-14-24(15-18)21(25)22-12-16-10-11-23(13-16)17-6-2-3-7-17;2-1-3/h4-5,8-9,16-18H,2-3,6-7,10-15H2,1H3,(H,22,25);1H,(H,2,3). The van der Waals surface area contributed by atoms with Crippen LogP contribution in [0.15, 0.2) is 24.3 Å². The molecule has 0 radical (unpaired) electrons. The average molecular weight is 420 g/mol. The van der Waals surface area contributed by atoms with Crippen molar-refractivity contribution in [1.29, 1.82) is 0 Å². The summed E-state index contributed by atoms with van der Waals surface area (Å²) in [6, 6.07) is 8.47. The van der Waals surface area contributed by atoms with Crippen molar-refractivity contribution in [1.82, 2.24) is 15.1 Å². The fourth-order valence-electron chi connectivity index (χ4n) is 4.55. The van der Waals surface area contributed by atoms with E-state index in [4.69, 9.17) is 19.4 Å². The highest BCUT2D eigenvalue weighted by Crippen LogP contribution is 2.29. The van der Waals surface area contributed by atoms with Crippen molar-refractivity contribution in [3.05, 3.63) is 24.3 Å². The molecule has 8 nitrogen and oxygen atoms in total. The second-order valence-corrected chi connectivity index (χ2v) is 8.18. The number of carbonyl (C=O) groups excluding carboxylic acids is 1. The van der Waals surface area contributed by atoms with Gasteiger partial charge in [-0.1, -0.05) is 25.0 Å². The van der Waals surface area contributed by atoms with Gasteiger partial charge < -0.3 is 29.7 Å². The van der Waals surface area contributed by atoms with E-state index in [1.165, 1.54) is 38.6 Å². The topological polar surface area (TPSA) is 91.3 Å². The molecule has 1 aliphatic carbocycles. The van der Waals surface area contributed by atoms with Crippen LogP contribution in [-0.4, -0.2) is 79.4 Å². The monoisotopic (exact) mass is 419 g/mol. The molecule has 4 rings (SSSR count). The predicted octanol–water partition coefficient (Wildman–Crippen LogP) is 2.43. The number of urea groups is 1. The van der Waals surface area contributed by atoms with Gasteiger partial charge in [0.1, 0.15) is 6.10 Å². The maximum atomic E-state index is 12.4. The van der Waals surface area contributed by atoms with Crippen molar-refractivity contribution in [2.75, 3.05) is 39.8 Å². The lowest BCUT2D eigenvalue weighted by molar-refractivity contribution is -0.122. The molecule has 166 valence electrons. The number of rotatable bonds is 6. The Morgan fingerprint density at radius 1 is 1.17 bits per heavy atom. The Labute approximate surface area is 178 Å². The largest absolute Gasteiger partial charge is 0.493 e. The number of hydrogen-bond acceptors (Lipinski definition) is 5. The average Bonchev–Trinajstić information content (AvgIpc) is 3.41. The minimum absolute atomic E-state index is 0.0363. The SMILES string of the molecule is COc1ccccc1OC1CN(C(=O)NCC2CCN(C3CCCC3)C2)C1.O=CO. The molecule has 2 aliphatic heterocycles. The van der Waals surface area contributed by atoms with Gasteiger partial charge >= 0.3 is 6.03 Å². The van der Waals surface area contributed by atoms with Crippen LogP contribution in [0.5, 0.6) is 11.5 Å². The highest BCUT2D eigenvalue weighted by atomic mass is 16.5. The summed E-state index contributed by atoms with van der Waals surface area (Å²) in [6.07, 6.45) is 6.74. The van der Waals surface area contributed by atoms with E-state index in [1.807, 2.05) is 29.2 Å². The zero-order chi connectivity index (χ0) is 21.3. The summed E-state index contributed by atoms with van der Waals surface area (Å²) < 4.78 is 11.3. The summed E-state index contributed by atoms with van der Waals surface area (Å²) in [4.78, 5) is 25.2. The minimum atomic E-state index is -0.250. The van der Waals surface area contributed by atoms with E-state index in [-0.39, 0.29) is 18.6 Å². The second kappa shape index (κ2) is 11.1. The van der Waals surface area contributed by atoms with E-state index < -0.39 is 0 Å². The fourth-order valence-corrected chi connectivity index (χ4v) is 4.55. The Balaban J connectivity index is 0.000000806. The summed E-state index contributed by atoms with van der Waals surface area (Å²) in [5, 5.41) is 10.0. The van der Waals surface area contributed by atoms with E-state index in [1.54, 1.807) is 7.11 Å². The molecule has 1 unspecified atom stereocenters. The number of carbonyl (C=O) groups is 2. The molecule has 2 heterocycles. The maximum absolute atomic E-state index is 12.4. The van der Waals surface area contributed by atoms with Crippen LogP contribution in [0.3, 0.4) is 0 Å². The molecular weight excluding hydrogens is 386 g/mol. The minimum Gasteiger partial charge on any atom is -0.493 e. The van der Waals surface area contributed by atoms with E-state index in [9.17, 15) is 4.79 Å². The number of para-hydroxylation sites is 2. The van der Waals surface area contributed by atoms with E-state index in [0.717, 1.165) is 30.6 Å². The zero-order valence-corrected chi connectivity index (χ0v) is 17.7. The molecule has 30 heavy (non-hydrogen) atoms. The van der Waals surface area contributed by atoms with Crippen molar-refractivity contribution >= 4 is 12.5 Å². The summed E-state index contributed by atoms with van der Waals surface area (Å²) in [6.45, 7) is 4.14. The number of hydrogen-bond donors (Lipinski definition) is 2. The second-order valence-electron chi connectivity index (χ2n) is 8.18. The van der Waals surface area contributed by atoms with Gasteiger partial charge in [-0.25, -0.2) is 4.79 Å². The number of carboxylic acid groups (broad SMARTS) is 1. The zero-order valence-electron chi connectivity index (χ0n) is 17.7. The fraction of sp³-hybridized carbons (Fsp3) is 0.636. The Hall–Kier alpha value is -2.48. The number of methoxy groups -OCH3 is 1. The highest BCUT2D eigenvalue weighted by molar-refractivity contribution is 5.75. The third-order valence-corrected chi connectivity index (χ3v) is 6.20. The van der Waals surface area contributed by atoms with Gasteiger partial charge in [0.05, 0.1) is 20.2 Å². The van der Waals surface area contributed by atoms with Crippen molar-refractivity contribution in [2.45, 2.75) is 44.2 Å². The molecule has 1 aromatic carbocycles. The smallest absolute Gasteiger partial charge is 0.317 e. The first-order chi connectivity index (χ1) is 14.6. The van der Waals surface area contributed by atoms with E-state index >= 15 is 0 Å². The first-order valence-corrected chi connectivity index (χ1v) is 10.8. The number of benzene rings is 1. The molecule has 0 aromatic heterocycles. The predicted molar refractivity (Wildman–Crippen MR) is 113 cm³/mol. The molecule has 1 aromatic rings. The van der Waals surface area contributed by atoms with Gasteiger partial charge in [0, 0.05) is 19.1 Å². The molecule has 1 saturated carbocycles. The van der Waals surface area contributed by atoms with Gasteiger partial charge in [0.15, 0.2) is 11.5 Å². The van der Waals surface area contributed by atoms with Gasteiger partial charge in [0.25, 0.3) is 6.47 Å².